The molecular weight excluding hydrogens is 382 g/mol. The Balaban J connectivity index is 1.89. The summed E-state index contributed by atoms with van der Waals surface area (Å²) in [6.45, 7) is 5.41. The van der Waals surface area contributed by atoms with Crippen LogP contribution in [0.1, 0.15) is 50.5 Å². The quantitative estimate of drug-likeness (QED) is 0.737. The van der Waals surface area contributed by atoms with Crippen LogP contribution in [-0.2, 0) is 19.1 Å². The number of ether oxygens (including phenoxy) is 2. The number of aliphatic hydroxyl groups is 1. The number of nitrogens with zero attached hydrogens (tertiary/aromatic N) is 1. The van der Waals surface area contributed by atoms with E-state index in [-0.39, 0.29) is 25.5 Å². The molecule has 3 rings (SSSR count). The van der Waals surface area contributed by atoms with Gasteiger partial charge in [-0.05, 0) is 31.9 Å². The normalized spacial score (nSPS) is 20.7. The van der Waals surface area contributed by atoms with Gasteiger partial charge in [0.05, 0.1) is 25.6 Å². The molecule has 1 heterocycles. The molecule has 1 saturated heterocycles. The standard InChI is InChI=1S/C24H29NO5/c1-24(2,3)30-22(27)14-20-23(28)25(19(16-26)17-10-6-4-7-11-17)15-21(29-20)18-12-8-5-9-13-18/h4-13,19-21,26H,14-16H2,1-3H3/t19-,20+,21+/m0/s1. The van der Waals surface area contributed by atoms with Crippen LogP contribution in [0.15, 0.2) is 60.7 Å². The van der Waals surface area contributed by atoms with Crippen molar-refractivity contribution in [1.29, 1.82) is 0 Å². The van der Waals surface area contributed by atoms with E-state index < -0.39 is 29.8 Å². The monoisotopic (exact) mass is 411 g/mol. The molecule has 1 aliphatic heterocycles. The van der Waals surface area contributed by atoms with Gasteiger partial charge in [0.15, 0.2) is 0 Å². The average molecular weight is 411 g/mol. The first kappa shape index (κ1) is 22.0. The molecule has 0 saturated carbocycles. The molecule has 0 radical (unpaired) electrons. The third kappa shape index (κ3) is 5.46. The lowest BCUT2D eigenvalue weighted by molar-refractivity contribution is -0.178. The smallest absolute Gasteiger partial charge is 0.309 e. The number of esters is 1. The van der Waals surface area contributed by atoms with Gasteiger partial charge in [0, 0.05) is 0 Å². The summed E-state index contributed by atoms with van der Waals surface area (Å²) in [4.78, 5) is 27.3. The van der Waals surface area contributed by atoms with Crippen molar-refractivity contribution in [2.45, 2.75) is 51.0 Å². The van der Waals surface area contributed by atoms with Gasteiger partial charge in [-0.25, -0.2) is 0 Å². The molecule has 6 nitrogen and oxygen atoms in total. The number of aliphatic hydroxyl groups excluding tert-OH is 1. The van der Waals surface area contributed by atoms with Crippen LogP contribution >= 0.6 is 0 Å². The van der Waals surface area contributed by atoms with Crippen LogP contribution in [0.25, 0.3) is 0 Å². The third-order valence-electron chi connectivity index (χ3n) is 4.93. The van der Waals surface area contributed by atoms with Gasteiger partial charge < -0.3 is 19.5 Å². The highest BCUT2D eigenvalue weighted by Crippen LogP contribution is 2.33. The Morgan fingerprint density at radius 2 is 1.73 bits per heavy atom. The number of carbonyl (C=O) groups excluding carboxylic acids is 2. The number of hydrogen-bond donors (Lipinski definition) is 1. The molecule has 0 bridgehead atoms. The van der Waals surface area contributed by atoms with E-state index in [0.29, 0.717) is 0 Å². The first-order chi connectivity index (χ1) is 14.3. The van der Waals surface area contributed by atoms with Gasteiger partial charge in [0.25, 0.3) is 5.91 Å². The topological polar surface area (TPSA) is 76.1 Å². The van der Waals surface area contributed by atoms with Gasteiger partial charge in [-0.15, -0.1) is 0 Å². The molecule has 1 N–H and O–H groups in total. The van der Waals surface area contributed by atoms with Gasteiger partial charge in [-0.3, -0.25) is 9.59 Å². The second-order valence-electron chi connectivity index (χ2n) is 8.41. The molecule has 3 atom stereocenters. The Bertz CT molecular complexity index is 847. The summed E-state index contributed by atoms with van der Waals surface area (Å²) < 4.78 is 11.5. The fourth-order valence-electron chi connectivity index (χ4n) is 3.61. The van der Waals surface area contributed by atoms with Crippen molar-refractivity contribution >= 4 is 11.9 Å². The number of carbonyl (C=O) groups is 2. The zero-order valence-electron chi connectivity index (χ0n) is 17.7. The highest BCUT2D eigenvalue weighted by molar-refractivity contribution is 5.87. The van der Waals surface area contributed by atoms with E-state index in [1.54, 1.807) is 25.7 Å². The number of hydrogen-bond acceptors (Lipinski definition) is 5. The zero-order valence-corrected chi connectivity index (χ0v) is 17.7. The molecule has 0 aliphatic carbocycles. The molecule has 1 fully saturated rings. The van der Waals surface area contributed by atoms with Crippen molar-refractivity contribution in [1.82, 2.24) is 4.90 Å². The maximum Gasteiger partial charge on any atom is 0.309 e. The van der Waals surface area contributed by atoms with Gasteiger partial charge in [0.1, 0.15) is 17.8 Å². The molecule has 6 heteroatoms. The van der Waals surface area contributed by atoms with Crippen molar-refractivity contribution < 1.29 is 24.2 Å². The average Bonchev–Trinajstić information content (AvgIpc) is 2.71. The number of morpholine rings is 1. The van der Waals surface area contributed by atoms with Crippen LogP contribution in [0.2, 0.25) is 0 Å². The lowest BCUT2D eigenvalue weighted by atomic mass is 10.00. The van der Waals surface area contributed by atoms with Crippen LogP contribution < -0.4 is 0 Å². The predicted molar refractivity (Wildman–Crippen MR) is 112 cm³/mol. The summed E-state index contributed by atoms with van der Waals surface area (Å²) in [6.07, 6.45) is -1.56. The second-order valence-corrected chi connectivity index (χ2v) is 8.41. The van der Waals surface area contributed by atoms with E-state index >= 15 is 0 Å². The molecule has 30 heavy (non-hydrogen) atoms. The van der Waals surface area contributed by atoms with Crippen LogP contribution in [-0.4, -0.2) is 46.7 Å². The maximum absolute atomic E-state index is 13.3. The minimum atomic E-state index is -0.975. The molecule has 160 valence electrons. The van der Waals surface area contributed by atoms with Crippen LogP contribution in [0, 0.1) is 0 Å². The molecular formula is C24H29NO5. The Morgan fingerprint density at radius 1 is 1.13 bits per heavy atom. The summed E-state index contributed by atoms with van der Waals surface area (Å²) in [5.41, 5.74) is 1.09. The second kappa shape index (κ2) is 9.41. The van der Waals surface area contributed by atoms with E-state index in [0.717, 1.165) is 11.1 Å². The van der Waals surface area contributed by atoms with E-state index in [4.69, 9.17) is 9.47 Å². The Hall–Kier alpha value is -2.70. The number of benzene rings is 2. The minimum absolute atomic E-state index is 0.178. The molecule has 0 spiro atoms. The summed E-state index contributed by atoms with van der Waals surface area (Å²) in [7, 11) is 0. The lowest BCUT2D eigenvalue weighted by Gasteiger charge is -2.41. The van der Waals surface area contributed by atoms with Crippen molar-refractivity contribution in [2.24, 2.45) is 0 Å². The maximum atomic E-state index is 13.3. The SMILES string of the molecule is CC(C)(C)OC(=O)C[C@H]1O[C@@H](c2ccccc2)CN([C@@H](CO)c2ccccc2)C1=O. The van der Waals surface area contributed by atoms with Gasteiger partial charge in [-0.2, -0.15) is 0 Å². The first-order valence-electron chi connectivity index (χ1n) is 10.2. The van der Waals surface area contributed by atoms with Crippen molar-refractivity contribution in [3.8, 4) is 0 Å². The van der Waals surface area contributed by atoms with Crippen molar-refractivity contribution in [2.75, 3.05) is 13.2 Å². The van der Waals surface area contributed by atoms with E-state index in [2.05, 4.69) is 0 Å². The molecule has 0 aromatic heterocycles. The van der Waals surface area contributed by atoms with Crippen molar-refractivity contribution in [3.05, 3.63) is 71.8 Å². The largest absolute Gasteiger partial charge is 0.460 e. The number of amides is 1. The highest BCUT2D eigenvalue weighted by Gasteiger charge is 2.41. The Labute approximate surface area is 177 Å². The van der Waals surface area contributed by atoms with Crippen LogP contribution in [0.5, 0.6) is 0 Å². The molecule has 1 amide bonds. The molecule has 2 aromatic carbocycles. The first-order valence-corrected chi connectivity index (χ1v) is 10.2. The van der Waals surface area contributed by atoms with Gasteiger partial charge in [-0.1, -0.05) is 60.7 Å². The zero-order chi connectivity index (χ0) is 21.7. The van der Waals surface area contributed by atoms with Gasteiger partial charge >= 0.3 is 5.97 Å². The van der Waals surface area contributed by atoms with E-state index in [1.165, 1.54) is 0 Å². The summed E-state index contributed by atoms with van der Waals surface area (Å²) in [5, 5.41) is 10.1. The predicted octanol–water partition coefficient (Wildman–Crippen LogP) is 3.42. The van der Waals surface area contributed by atoms with E-state index in [9.17, 15) is 14.7 Å². The lowest BCUT2D eigenvalue weighted by Crippen LogP contribution is -2.51. The summed E-state index contributed by atoms with van der Waals surface area (Å²) in [6, 6.07) is 18.4. The van der Waals surface area contributed by atoms with Crippen LogP contribution in [0.4, 0.5) is 0 Å². The molecule has 2 aromatic rings. The summed E-state index contributed by atoms with van der Waals surface area (Å²) in [5.74, 6) is -0.814. The summed E-state index contributed by atoms with van der Waals surface area (Å²) >= 11 is 0. The van der Waals surface area contributed by atoms with E-state index in [1.807, 2.05) is 60.7 Å². The third-order valence-corrected chi connectivity index (χ3v) is 4.93. The fourth-order valence-corrected chi connectivity index (χ4v) is 3.61. The van der Waals surface area contributed by atoms with Crippen molar-refractivity contribution in [3.63, 3.8) is 0 Å². The number of rotatable bonds is 6. The molecule has 1 aliphatic rings. The molecule has 0 unspecified atom stereocenters. The fraction of sp³-hybridized carbons (Fsp3) is 0.417. The van der Waals surface area contributed by atoms with Gasteiger partial charge in [0.2, 0.25) is 0 Å². The Morgan fingerprint density at radius 3 is 2.30 bits per heavy atom. The Kier molecular flexibility index (Phi) is 6.90. The highest BCUT2D eigenvalue weighted by atomic mass is 16.6. The minimum Gasteiger partial charge on any atom is -0.460 e. The van der Waals surface area contributed by atoms with Crippen LogP contribution in [0.3, 0.4) is 0 Å².